The Morgan fingerprint density at radius 3 is 2.72 bits per heavy atom. The second kappa shape index (κ2) is 5.64. The smallest absolute Gasteiger partial charge is 0.192 e. The molecule has 140 valence electrons. The van der Waals surface area contributed by atoms with Crippen LogP contribution in [0.5, 0.6) is 0 Å². The molecule has 0 aromatic carbocycles. The second-order valence-electron chi connectivity index (χ2n) is 9.51. The van der Waals surface area contributed by atoms with Gasteiger partial charge in [0, 0.05) is 5.41 Å². The van der Waals surface area contributed by atoms with E-state index >= 15 is 0 Å². The van der Waals surface area contributed by atoms with Crippen molar-refractivity contribution in [2.75, 3.05) is 6.61 Å². The van der Waals surface area contributed by atoms with Crippen molar-refractivity contribution in [2.45, 2.75) is 76.9 Å². The zero-order valence-corrected chi connectivity index (χ0v) is 15.5. The number of ketones is 1. The van der Waals surface area contributed by atoms with Gasteiger partial charge in [0.1, 0.15) is 6.61 Å². The quantitative estimate of drug-likeness (QED) is 0.670. The fourth-order valence-electron chi connectivity index (χ4n) is 7.40. The molecule has 4 rings (SSSR count). The molecule has 0 spiro atoms. The summed E-state index contributed by atoms with van der Waals surface area (Å²) in [5, 5.41) is 31.2. The summed E-state index contributed by atoms with van der Waals surface area (Å²) in [4.78, 5) is 12.4. The van der Waals surface area contributed by atoms with E-state index in [1.54, 1.807) is 5.57 Å². The second-order valence-corrected chi connectivity index (χ2v) is 9.51. The molecule has 0 saturated heterocycles. The minimum atomic E-state index is -1.79. The fraction of sp³-hybridized carbons (Fsp3) is 0.857. The lowest BCUT2D eigenvalue weighted by atomic mass is 9.46. The molecule has 0 aliphatic heterocycles. The van der Waals surface area contributed by atoms with Crippen LogP contribution in [0.2, 0.25) is 0 Å². The zero-order chi connectivity index (χ0) is 18.0. The van der Waals surface area contributed by atoms with E-state index in [0.717, 1.165) is 25.7 Å². The number of rotatable bonds is 2. The normalized spacial score (nSPS) is 52.0. The molecule has 0 heterocycles. The Balaban J connectivity index is 1.71. The van der Waals surface area contributed by atoms with E-state index in [-0.39, 0.29) is 11.3 Å². The van der Waals surface area contributed by atoms with Gasteiger partial charge in [-0.3, -0.25) is 4.79 Å². The van der Waals surface area contributed by atoms with Crippen molar-refractivity contribution in [2.24, 2.45) is 28.6 Å². The van der Waals surface area contributed by atoms with E-state index in [2.05, 4.69) is 13.0 Å². The minimum Gasteiger partial charge on any atom is -0.390 e. The third kappa shape index (κ3) is 2.08. The highest BCUT2D eigenvalue weighted by atomic mass is 16.4. The molecule has 0 bridgehead atoms. The van der Waals surface area contributed by atoms with Crippen molar-refractivity contribution < 1.29 is 20.1 Å². The fourth-order valence-corrected chi connectivity index (χ4v) is 7.40. The summed E-state index contributed by atoms with van der Waals surface area (Å²) in [6.45, 7) is 3.70. The van der Waals surface area contributed by atoms with Crippen molar-refractivity contribution in [3.63, 3.8) is 0 Å². The molecule has 4 nitrogen and oxygen atoms in total. The van der Waals surface area contributed by atoms with Gasteiger partial charge in [-0.05, 0) is 74.5 Å². The summed E-state index contributed by atoms with van der Waals surface area (Å²) in [6.07, 6.45) is 9.55. The van der Waals surface area contributed by atoms with Gasteiger partial charge in [0.2, 0.25) is 0 Å². The van der Waals surface area contributed by atoms with Gasteiger partial charge in [-0.1, -0.05) is 25.5 Å². The standard InChI is InChI=1S/C21H32O4/c1-19-9-4-3-5-13(19)6-7-14-15(19)8-10-20(2)16(14)11-17(23)21(20,25)18(24)12-22/h5,14-17,22-23,25H,3-4,6-12H2,1-2H3/t14-,15+,16+,17?,19+,20+,21+/m1/s1. The van der Waals surface area contributed by atoms with E-state index < -0.39 is 29.5 Å². The molecule has 0 radical (unpaired) electrons. The molecule has 3 N–H and O–H groups in total. The Labute approximate surface area is 150 Å². The first-order valence-corrected chi connectivity index (χ1v) is 10.0. The lowest BCUT2D eigenvalue weighted by Crippen LogP contribution is -2.61. The number of aliphatic hydroxyl groups is 3. The first-order valence-electron chi connectivity index (χ1n) is 10.0. The van der Waals surface area contributed by atoms with Crippen molar-refractivity contribution in [1.29, 1.82) is 0 Å². The highest BCUT2D eigenvalue weighted by molar-refractivity contribution is 5.90. The predicted octanol–water partition coefficient (Wildman–Crippen LogP) is 2.60. The molecule has 1 unspecified atom stereocenters. The molecule has 3 fully saturated rings. The minimum absolute atomic E-state index is 0.155. The number of Topliss-reactive ketones (excluding diaryl/α,β-unsaturated/α-hetero) is 1. The lowest BCUT2D eigenvalue weighted by Gasteiger charge is -2.58. The van der Waals surface area contributed by atoms with Crippen molar-refractivity contribution in [3.8, 4) is 0 Å². The maximum Gasteiger partial charge on any atom is 0.192 e. The molecular weight excluding hydrogens is 316 g/mol. The largest absolute Gasteiger partial charge is 0.390 e. The summed E-state index contributed by atoms with van der Waals surface area (Å²) in [5.41, 5.74) is -0.528. The van der Waals surface area contributed by atoms with Gasteiger partial charge in [0.25, 0.3) is 0 Å². The van der Waals surface area contributed by atoms with Crippen LogP contribution in [0.4, 0.5) is 0 Å². The van der Waals surface area contributed by atoms with Crippen LogP contribution in [-0.2, 0) is 4.79 Å². The third-order valence-electron chi connectivity index (χ3n) is 8.82. The van der Waals surface area contributed by atoms with Crippen LogP contribution in [0.3, 0.4) is 0 Å². The number of carbonyl (C=O) groups is 1. The maximum atomic E-state index is 12.4. The molecule has 7 atom stereocenters. The molecule has 3 saturated carbocycles. The summed E-state index contributed by atoms with van der Waals surface area (Å²) >= 11 is 0. The van der Waals surface area contributed by atoms with Crippen LogP contribution in [0.15, 0.2) is 11.6 Å². The number of hydrogen-bond donors (Lipinski definition) is 3. The van der Waals surface area contributed by atoms with Crippen molar-refractivity contribution >= 4 is 5.78 Å². The molecule has 0 amide bonds. The van der Waals surface area contributed by atoms with Crippen LogP contribution in [0.1, 0.15) is 65.2 Å². The third-order valence-corrected chi connectivity index (χ3v) is 8.82. The van der Waals surface area contributed by atoms with Gasteiger partial charge in [0.15, 0.2) is 11.4 Å². The van der Waals surface area contributed by atoms with Gasteiger partial charge in [0.05, 0.1) is 6.10 Å². The lowest BCUT2D eigenvalue weighted by molar-refractivity contribution is -0.178. The molecule has 4 heteroatoms. The van der Waals surface area contributed by atoms with E-state index in [0.29, 0.717) is 18.3 Å². The Kier molecular flexibility index (Phi) is 3.99. The number of fused-ring (bicyclic) bond motifs is 5. The molecule has 25 heavy (non-hydrogen) atoms. The Hall–Kier alpha value is -0.710. The van der Waals surface area contributed by atoms with Gasteiger partial charge in [-0.25, -0.2) is 0 Å². The number of hydrogen-bond acceptors (Lipinski definition) is 4. The van der Waals surface area contributed by atoms with Crippen molar-refractivity contribution in [1.82, 2.24) is 0 Å². The van der Waals surface area contributed by atoms with Crippen LogP contribution in [0, 0.1) is 28.6 Å². The SMILES string of the molecule is C[C@]12CCCC=C1CC[C@@H]1[C@@H]2CC[C@@]2(C)[C@H]1CC(O)[C@]2(O)C(=O)CO. The average molecular weight is 348 g/mol. The molecule has 0 aromatic heterocycles. The number of allylic oxidation sites excluding steroid dienone is 2. The van der Waals surface area contributed by atoms with Gasteiger partial charge in [-0.2, -0.15) is 0 Å². The molecular formula is C21H32O4. The Morgan fingerprint density at radius 2 is 2.00 bits per heavy atom. The maximum absolute atomic E-state index is 12.4. The number of aliphatic hydroxyl groups excluding tert-OH is 2. The summed E-state index contributed by atoms with van der Waals surface area (Å²) in [7, 11) is 0. The molecule has 4 aliphatic carbocycles. The van der Waals surface area contributed by atoms with Gasteiger partial charge >= 0.3 is 0 Å². The Bertz CT molecular complexity index is 613. The Morgan fingerprint density at radius 1 is 1.24 bits per heavy atom. The average Bonchev–Trinajstić information content (AvgIpc) is 2.82. The first kappa shape index (κ1) is 17.7. The predicted molar refractivity (Wildman–Crippen MR) is 94.8 cm³/mol. The summed E-state index contributed by atoms with van der Waals surface area (Å²) in [5.74, 6) is 0.588. The van der Waals surface area contributed by atoms with E-state index in [1.807, 2.05) is 6.92 Å². The van der Waals surface area contributed by atoms with Crippen LogP contribution in [0.25, 0.3) is 0 Å². The van der Waals surface area contributed by atoms with Gasteiger partial charge < -0.3 is 15.3 Å². The first-order chi connectivity index (χ1) is 11.8. The van der Waals surface area contributed by atoms with Crippen molar-refractivity contribution in [3.05, 3.63) is 11.6 Å². The zero-order valence-electron chi connectivity index (χ0n) is 15.5. The van der Waals surface area contributed by atoms with E-state index in [4.69, 9.17) is 0 Å². The molecule has 4 aliphatic rings. The topological polar surface area (TPSA) is 77.8 Å². The summed E-state index contributed by atoms with van der Waals surface area (Å²) in [6, 6.07) is 0. The summed E-state index contributed by atoms with van der Waals surface area (Å²) < 4.78 is 0. The monoisotopic (exact) mass is 348 g/mol. The van der Waals surface area contributed by atoms with Gasteiger partial charge in [-0.15, -0.1) is 0 Å². The highest BCUT2D eigenvalue weighted by Gasteiger charge is 2.69. The van der Waals surface area contributed by atoms with E-state index in [9.17, 15) is 20.1 Å². The van der Waals surface area contributed by atoms with E-state index in [1.165, 1.54) is 19.3 Å². The number of carbonyl (C=O) groups excluding carboxylic acids is 1. The highest BCUT2D eigenvalue weighted by Crippen LogP contribution is 2.67. The van der Waals surface area contributed by atoms with Crippen LogP contribution in [-0.4, -0.2) is 39.4 Å². The van der Waals surface area contributed by atoms with Crippen LogP contribution >= 0.6 is 0 Å². The van der Waals surface area contributed by atoms with Crippen LogP contribution < -0.4 is 0 Å². The molecule has 0 aromatic rings.